The fraction of sp³-hybridized carbons (Fsp3) is 0.467. The topological polar surface area (TPSA) is 106 Å². The summed E-state index contributed by atoms with van der Waals surface area (Å²) in [5, 5.41) is 12.8. The predicted octanol–water partition coefficient (Wildman–Crippen LogP) is 3.05. The fourth-order valence-corrected chi connectivity index (χ4v) is 5.80. The number of halogens is 3. The molecule has 1 amide bonds. The van der Waals surface area contributed by atoms with Gasteiger partial charge < -0.3 is 30.4 Å². The first-order valence-corrected chi connectivity index (χ1v) is 14.0. The van der Waals surface area contributed by atoms with Crippen LogP contribution in [0.15, 0.2) is 54.7 Å². The normalized spacial score (nSPS) is 21.1. The lowest BCUT2D eigenvalue weighted by Gasteiger charge is -2.40. The number of aliphatic hydroxyl groups excluding tert-OH is 1. The molecule has 2 saturated heterocycles. The fourth-order valence-electron chi connectivity index (χ4n) is 5.80. The molecule has 0 aliphatic carbocycles. The van der Waals surface area contributed by atoms with Crippen molar-refractivity contribution in [3.8, 4) is 11.3 Å². The second-order valence-corrected chi connectivity index (χ2v) is 10.8. The van der Waals surface area contributed by atoms with Gasteiger partial charge in [0.2, 0.25) is 5.91 Å². The molecule has 0 saturated carbocycles. The maximum atomic E-state index is 14.9. The van der Waals surface area contributed by atoms with Crippen molar-refractivity contribution in [1.82, 2.24) is 19.8 Å². The molecule has 2 aromatic carbocycles. The van der Waals surface area contributed by atoms with E-state index in [1.54, 1.807) is 11.1 Å². The number of amides is 1. The lowest BCUT2D eigenvalue weighted by molar-refractivity contribution is -0.139. The van der Waals surface area contributed by atoms with Gasteiger partial charge in [0.15, 0.2) is 0 Å². The molecule has 2 aliphatic heterocycles. The molecule has 2 fully saturated rings. The second kappa shape index (κ2) is 13.2. The van der Waals surface area contributed by atoms with Crippen molar-refractivity contribution >= 4 is 5.91 Å². The van der Waals surface area contributed by atoms with Gasteiger partial charge in [-0.15, -0.1) is 0 Å². The van der Waals surface area contributed by atoms with Gasteiger partial charge in [0.05, 0.1) is 18.3 Å². The molecule has 0 spiro atoms. The number of imidazole rings is 1. The predicted molar refractivity (Wildman–Crippen MR) is 147 cm³/mol. The number of nitrogens with two attached hydrogens (primary N) is 1. The molecule has 41 heavy (non-hydrogen) atoms. The van der Waals surface area contributed by atoms with Gasteiger partial charge in [0, 0.05) is 57.1 Å². The monoisotopic (exact) mass is 571 g/mol. The van der Waals surface area contributed by atoms with Gasteiger partial charge in [-0.05, 0) is 42.5 Å². The highest BCUT2D eigenvalue weighted by atomic mass is 19.1. The van der Waals surface area contributed by atoms with E-state index in [-0.39, 0.29) is 30.3 Å². The SMILES string of the molecule is N[C@@H](CO)C(=O)N(C[C@@H]1CNC[C@@H]1F)[C@@H](c1nc(-c2cc(F)ccc2F)cn1Cc1ccccc1)C1CCOCC1. The average Bonchev–Trinajstić information content (AvgIpc) is 3.59. The number of alkyl halides is 1. The minimum Gasteiger partial charge on any atom is -0.394 e. The molecule has 3 aromatic rings. The van der Waals surface area contributed by atoms with Crippen LogP contribution in [0.4, 0.5) is 13.2 Å². The van der Waals surface area contributed by atoms with Crippen molar-refractivity contribution in [3.63, 3.8) is 0 Å². The summed E-state index contributed by atoms with van der Waals surface area (Å²) in [7, 11) is 0. The Labute approximate surface area is 237 Å². The molecule has 11 heteroatoms. The summed E-state index contributed by atoms with van der Waals surface area (Å²) >= 11 is 0. The minimum absolute atomic E-state index is 0.00228. The average molecular weight is 572 g/mol. The van der Waals surface area contributed by atoms with E-state index < -0.39 is 48.3 Å². The lowest BCUT2D eigenvalue weighted by Crippen LogP contribution is -2.52. The van der Waals surface area contributed by atoms with Crippen molar-refractivity contribution < 1.29 is 27.8 Å². The number of carbonyl (C=O) groups is 1. The molecule has 1 aromatic heterocycles. The Kier molecular flexibility index (Phi) is 9.39. The molecule has 3 heterocycles. The summed E-state index contributed by atoms with van der Waals surface area (Å²) < 4.78 is 51.5. The third-order valence-electron chi connectivity index (χ3n) is 8.01. The summed E-state index contributed by atoms with van der Waals surface area (Å²) in [6.07, 6.45) is 1.71. The minimum atomic E-state index is -1.21. The second-order valence-electron chi connectivity index (χ2n) is 10.8. The summed E-state index contributed by atoms with van der Waals surface area (Å²) in [6, 6.07) is 10.9. The Morgan fingerprint density at radius 2 is 1.93 bits per heavy atom. The van der Waals surface area contributed by atoms with E-state index in [1.165, 1.54) is 0 Å². The zero-order valence-electron chi connectivity index (χ0n) is 22.8. The van der Waals surface area contributed by atoms with Crippen LogP contribution in [-0.4, -0.2) is 77.1 Å². The van der Waals surface area contributed by atoms with E-state index in [9.17, 15) is 23.1 Å². The van der Waals surface area contributed by atoms with Crippen LogP contribution in [0, 0.1) is 23.5 Å². The van der Waals surface area contributed by atoms with Crippen molar-refractivity contribution in [2.45, 2.75) is 37.6 Å². The Bertz CT molecular complexity index is 1320. The molecule has 4 atom stereocenters. The summed E-state index contributed by atoms with van der Waals surface area (Å²) in [5.41, 5.74) is 7.23. The number of nitrogens with one attached hydrogen (secondary N) is 1. The van der Waals surface area contributed by atoms with E-state index in [0.717, 1.165) is 23.8 Å². The molecule has 0 bridgehead atoms. The first-order valence-electron chi connectivity index (χ1n) is 14.0. The quantitative estimate of drug-likeness (QED) is 0.346. The first kappa shape index (κ1) is 29.2. The van der Waals surface area contributed by atoms with Crippen molar-refractivity contribution in [2.75, 3.05) is 39.5 Å². The Balaban J connectivity index is 1.66. The van der Waals surface area contributed by atoms with Crippen LogP contribution in [0.1, 0.15) is 30.3 Å². The van der Waals surface area contributed by atoms with Crippen LogP contribution in [-0.2, 0) is 16.1 Å². The molecular formula is C30H36F3N5O3. The van der Waals surface area contributed by atoms with Gasteiger partial charge in [0.1, 0.15) is 29.7 Å². The summed E-state index contributed by atoms with van der Waals surface area (Å²) in [5.74, 6) is -1.90. The van der Waals surface area contributed by atoms with E-state index in [0.29, 0.717) is 45.0 Å². The molecule has 0 unspecified atom stereocenters. The van der Waals surface area contributed by atoms with E-state index in [1.807, 2.05) is 34.9 Å². The van der Waals surface area contributed by atoms with Gasteiger partial charge in [-0.25, -0.2) is 18.2 Å². The van der Waals surface area contributed by atoms with Crippen LogP contribution in [0.5, 0.6) is 0 Å². The smallest absolute Gasteiger partial charge is 0.242 e. The van der Waals surface area contributed by atoms with Crippen molar-refractivity contribution in [2.24, 2.45) is 17.6 Å². The molecule has 5 rings (SSSR count). The number of hydrogen-bond acceptors (Lipinski definition) is 6. The van der Waals surface area contributed by atoms with E-state index in [4.69, 9.17) is 15.5 Å². The summed E-state index contributed by atoms with van der Waals surface area (Å²) in [4.78, 5) is 20.2. The number of benzene rings is 2. The van der Waals surface area contributed by atoms with Gasteiger partial charge in [-0.1, -0.05) is 30.3 Å². The number of ether oxygens (including phenoxy) is 1. The maximum absolute atomic E-state index is 14.9. The Morgan fingerprint density at radius 3 is 2.61 bits per heavy atom. The number of nitrogens with zero attached hydrogens (tertiary/aromatic N) is 3. The van der Waals surface area contributed by atoms with Crippen LogP contribution >= 0.6 is 0 Å². The van der Waals surface area contributed by atoms with Crippen LogP contribution in [0.3, 0.4) is 0 Å². The lowest BCUT2D eigenvalue weighted by atomic mass is 9.88. The maximum Gasteiger partial charge on any atom is 0.242 e. The third kappa shape index (κ3) is 6.64. The number of rotatable bonds is 10. The van der Waals surface area contributed by atoms with Crippen LogP contribution < -0.4 is 11.1 Å². The zero-order chi connectivity index (χ0) is 28.9. The molecule has 220 valence electrons. The highest BCUT2D eigenvalue weighted by molar-refractivity contribution is 5.82. The van der Waals surface area contributed by atoms with E-state index >= 15 is 0 Å². The molecule has 0 radical (unpaired) electrons. The third-order valence-corrected chi connectivity index (χ3v) is 8.01. The standard InChI is InChI=1S/C30H36F3N5O3/c31-22-6-7-24(32)23(12-22)27-17-37(15-19-4-2-1-3-5-19)29(36-27)28(20-8-10-41-11-9-20)38(30(40)26(34)18-39)16-21-13-35-14-25(21)33/h1-7,12,17,20-21,25-26,28,35,39H,8-11,13-16,18,34H2/t21-,25-,26-,28+/m0/s1. The molecular weight excluding hydrogens is 535 g/mol. The zero-order valence-corrected chi connectivity index (χ0v) is 22.8. The van der Waals surface area contributed by atoms with Crippen LogP contribution in [0.2, 0.25) is 0 Å². The van der Waals surface area contributed by atoms with E-state index in [2.05, 4.69) is 5.32 Å². The van der Waals surface area contributed by atoms with Crippen LogP contribution in [0.25, 0.3) is 11.3 Å². The van der Waals surface area contributed by atoms with Gasteiger partial charge >= 0.3 is 0 Å². The number of aromatic nitrogens is 2. The van der Waals surface area contributed by atoms with Gasteiger partial charge in [0.25, 0.3) is 0 Å². The Morgan fingerprint density at radius 1 is 1.17 bits per heavy atom. The Hall–Kier alpha value is -3.25. The van der Waals surface area contributed by atoms with Gasteiger partial charge in [-0.2, -0.15) is 0 Å². The number of carbonyl (C=O) groups excluding carboxylic acids is 1. The number of aliphatic hydroxyl groups is 1. The van der Waals surface area contributed by atoms with Gasteiger partial charge in [-0.3, -0.25) is 4.79 Å². The van der Waals surface area contributed by atoms with Crippen molar-refractivity contribution in [3.05, 3.63) is 77.8 Å². The molecule has 2 aliphatic rings. The first-order chi connectivity index (χ1) is 19.9. The summed E-state index contributed by atoms with van der Waals surface area (Å²) in [6.45, 7) is 1.35. The highest BCUT2D eigenvalue weighted by Crippen LogP contribution is 2.38. The molecule has 4 N–H and O–H groups in total. The molecule has 8 nitrogen and oxygen atoms in total. The largest absolute Gasteiger partial charge is 0.394 e. The highest BCUT2D eigenvalue weighted by Gasteiger charge is 2.41. The number of hydrogen-bond donors (Lipinski definition) is 3. The van der Waals surface area contributed by atoms with Crippen molar-refractivity contribution in [1.29, 1.82) is 0 Å².